The van der Waals surface area contributed by atoms with E-state index in [9.17, 15) is 5.11 Å². The Bertz CT molecular complexity index is 793. The van der Waals surface area contributed by atoms with Gasteiger partial charge >= 0.3 is 0 Å². The zero-order valence-corrected chi connectivity index (χ0v) is 18.6. The quantitative estimate of drug-likeness (QED) is 0.484. The predicted octanol–water partition coefficient (Wildman–Crippen LogP) is 3.63. The molecule has 3 rings (SSSR count). The minimum Gasteiger partial charge on any atom is -0.393 e. The number of hydrogen-bond acceptors (Lipinski definition) is 3. The van der Waals surface area contributed by atoms with Gasteiger partial charge < -0.3 is 15.7 Å². The minimum atomic E-state index is -0.115. The largest absolute Gasteiger partial charge is 0.393 e. The van der Waals surface area contributed by atoms with Gasteiger partial charge in [0.05, 0.1) is 12.1 Å². The number of aliphatic imine (C=N–C) groups is 1. The highest BCUT2D eigenvalue weighted by Crippen LogP contribution is 2.15. The van der Waals surface area contributed by atoms with E-state index in [2.05, 4.69) is 82.9 Å². The summed E-state index contributed by atoms with van der Waals surface area (Å²) in [6.45, 7) is 7.98. The van der Waals surface area contributed by atoms with Crippen LogP contribution in [0, 0.1) is 0 Å². The maximum Gasteiger partial charge on any atom is 0.191 e. The van der Waals surface area contributed by atoms with E-state index in [0.29, 0.717) is 0 Å². The summed E-state index contributed by atoms with van der Waals surface area (Å²) >= 11 is 0. The lowest BCUT2D eigenvalue weighted by molar-refractivity contribution is 0.0792. The molecule has 2 aromatic rings. The fourth-order valence-electron chi connectivity index (χ4n) is 3.81. The Labute approximate surface area is 181 Å². The number of aliphatic hydroxyl groups excluding tert-OH is 1. The molecule has 0 radical (unpaired) electrons. The van der Waals surface area contributed by atoms with Crippen LogP contribution in [0.1, 0.15) is 55.0 Å². The van der Waals surface area contributed by atoms with Crippen molar-refractivity contribution in [3.8, 4) is 0 Å². The Morgan fingerprint density at radius 2 is 1.63 bits per heavy atom. The summed E-state index contributed by atoms with van der Waals surface area (Å²) in [5.74, 6) is 0.804. The van der Waals surface area contributed by atoms with E-state index in [4.69, 9.17) is 0 Å². The summed E-state index contributed by atoms with van der Waals surface area (Å²) < 4.78 is 0. The number of likely N-dealkylation sites (tertiary alicyclic amines) is 1. The Kier molecular flexibility index (Phi) is 8.29. The molecule has 0 aromatic heterocycles. The standard InChI is InChI=1S/C25H36N4O/c1-4-20-9-11-23(12-10-20)19(2)28-25(26-3)27-17-21-5-7-22(8-6-21)18-29-15-13-24(30)14-16-29/h5-12,19,24,30H,4,13-18H2,1-3H3,(H2,26,27,28). The number of piperidine rings is 1. The van der Waals surface area contributed by atoms with Gasteiger partial charge in [-0.3, -0.25) is 9.89 Å². The van der Waals surface area contributed by atoms with E-state index in [1.807, 2.05) is 0 Å². The second kappa shape index (κ2) is 11.1. The van der Waals surface area contributed by atoms with Gasteiger partial charge in [-0.2, -0.15) is 0 Å². The molecular formula is C25H36N4O. The Balaban J connectivity index is 1.47. The molecule has 3 N–H and O–H groups in total. The van der Waals surface area contributed by atoms with Crippen LogP contribution in [-0.2, 0) is 19.5 Å². The lowest BCUT2D eigenvalue weighted by Crippen LogP contribution is -2.38. The maximum atomic E-state index is 9.65. The summed E-state index contributed by atoms with van der Waals surface area (Å²) in [4.78, 5) is 6.79. The van der Waals surface area contributed by atoms with Crippen LogP contribution in [0.5, 0.6) is 0 Å². The lowest BCUT2D eigenvalue weighted by Gasteiger charge is -2.29. The van der Waals surface area contributed by atoms with Crippen molar-refractivity contribution in [2.24, 2.45) is 4.99 Å². The van der Waals surface area contributed by atoms with Crippen LogP contribution in [-0.4, -0.2) is 42.2 Å². The van der Waals surface area contributed by atoms with Crippen LogP contribution in [0.2, 0.25) is 0 Å². The number of hydrogen-bond donors (Lipinski definition) is 3. The van der Waals surface area contributed by atoms with Gasteiger partial charge in [-0.15, -0.1) is 0 Å². The van der Waals surface area contributed by atoms with Crippen molar-refractivity contribution in [3.63, 3.8) is 0 Å². The number of benzene rings is 2. The van der Waals surface area contributed by atoms with Gasteiger partial charge in [-0.25, -0.2) is 0 Å². The molecule has 0 saturated carbocycles. The first-order valence-corrected chi connectivity index (χ1v) is 11.1. The normalized spacial score (nSPS) is 17.0. The highest BCUT2D eigenvalue weighted by molar-refractivity contribution is 5.80. The van der Waals surface area contributed by atoms with E-state index < -0.39 is 0 Å². The van der Waals surface area contributed by atoms with Gasteiger partial charge in [0, 0.05) is 33.2 Å². The number of guanidine groups is 1. The Hall–Kier alpha value is -2.37. The molecule has 5 nitrogen and oxygen atoms in total. The molecule has 0 bridgehead atoms. The highest BCUT2D eigenvalue weighted by atomic mass is 16.3. The first-order chi connectivity index (χ1) is 14.6. The molecule has 162 valence electrons. The van der Waals surface area contributed by atoms with Gasteiger partial charge in [0.25, 0.3) is 0 Å². The molecule has 1 saturated heterocycles. The second-order valence-corrected chi connectivity index (χ2v) is 8.21. The van der Waals surface area contributed by atoms with Crippen LogP contribution in [0.25, 0.3) is 0 Å². The Morgan fingerprint density at radius 1 is 1.03 bits per heavy atom. The van der Waals surface area contributed by atoms with Crippen LogP contribution in [0.15, 0.2) is 53.5 Å². The van der Waals surface area contributed by atoms with E-state index in [1.165, 1.54) is 22.3 Å². The van der Waals surface area contributed by atoms with E-state index in [0.717, 1.165) is 51.4 Å². The SMILES string of the molecule is CCc1ccc(C(C)NC(=NC)NCc2ccc(CN3CCC(O)CC3)cc2)cc1. The van der Waals surface area contributed by atoms with Crippen LogP contribution >= 0.6 is 0 Å². The number of rotatable bonds is 7. The second-order valence-electron chi connectivity index (χ2n) is 8.21. The average molecular weight is 409 g/mol. The van der Waals surface area contributed by atoms with Crippen molar-refractivity contribution in [3.05, 3.63) is 70.8 Å². The summed E-state index contributed by atoms with van der Waals surface area (Å²) in [5.41, 5.74) is 5.16. The van der Waals surface area contributed by atoms with Crippen molar-refractivity contribution in [1.82, 2.24) is 15.5 Å². The molecule has 0 aliphatic carbocycles. The van der Waals surface area contributed by atoms with Crippen molar-refractivity contribution >= 4 is 5.96 Å². The van der Waals surface area contributed by atoms with Gasteiger partial charge in [0.2, 0.25) is 0 Å². The summed E-state index contributed by atoms with van der Waals surface area (Å²) in [6.07, 6.45) is 2.71. The van der Waals surface area contributed by atoms with Crippen LogP contribution < -0.4 is 10.6 Å². The molecule has 30 heavy (non-hydrogen) atoms. The first-order valence-electron chi connectivity index (χ1n) is 11.1. The molecule has 5 heteroatoms. The van der Waals surface area contributed by atoms with Crippen molar-refractivity contribution in [1.29, 1.82) is 0 Å². The Morgan fingerprint density at radius 3 is 2.23 bits per heavy atom. The molecule has 1 aliphatic heterocycles. The van der Waals surface area contributed by atoms with E-state index in [1.54, 1.807) is 7.05 Å². The molecular weight excluding hydrogens is 372 g/mol. The third-order valence-electron chi connectivity index (χ3n) is 5.91. The fraction of sp³-hybridized carbons (Fsp3) is 0.480. The molecule has 0 amide bonds. The highest BCUT2D eigenvalue weighted by Gasteiger charge is 2.16. The summed E-state index contributed by atoms with van der Waals surface area (Å²) in [5, 5.41) is 16.5. The predicted molar refractivity (Wildman–Crippen MR) is 125 cm³/mol. The summed E-state index contributed by atoms with van der Waals surface area (Å²) in [7, 11) is 1.81. The topological polar surface area (TPSA) is 59.9 Å². The first kappa shape index (κ1) is 22.3. The minimum absolute atomic E-state index is 0.115. The average Bonchev–Trinajstić information content (AvgIpc) is 2.79. The third kappa shape index (κ3) is 6.57. The smallest absolute Gasteiger partial charge is 0.191 e. The molecule has 2 aromatic carbocycles. The van der Waals surface area contributed by atoms with Crippen LogP contribution in [0.4, 0.5) is 0 Å². The van der Waals surface area contributed by atoms with E-state index >= 15 is 0 Å². The zero-order valence-electron chi connectivity index (χ0n) is 18.6. The van der Waals surface area contributed by atoms with Gasteiger partial charge in [-0.05, 0) is 48.4 Å². The van der Waals surface area contributed by atoms with Gasteiger partial charge in [0.1, 0.15) is 0 Å². The molecule has 1 heterocycles. The van der Waals surface area contributed by atoms with Gasteiger partial charge in [-0.1, -0.05) is 55.5 Å². The molecule has 1 fully saturated rings. The monoisotopic (exact) mass is 408 g/mol. The maximum absolute atomic E-state index is 9.65. The molecule has 1 unspecified atom stereocenters. The number of nitrogens with one attached hydrogen (secondary N) is 2. The van der Waals surface area contributed by atoms with Crippen molar-refractivity contribution in [2.45, 2.75) is 58.3 Å². The number of aryl methyl sites for hydroxylation is 1. The molecule has 1 aliphatic rings. The van der Waals surface area contributed by atoms with Crippen molar-refractivity contribution in [2.75, 3.05) is 20.1 Å². The van der Waals surface area contributed by atoms with Crippen molar-refractivity contribution < 1.29 is 5.11 Å². The molecule has 1 atom stereocenters. The third-order valence-corrected chi connectivity index (χ3v) is 5.91. The van der Waals surface area contributed by atoms with Crippen LogP contribution in [0.3, 0.4) is 0 Å². The zero-order chi connectivity index (χ0) is 21.3. The summed E-state index contributed by atoms with van der Waals surface area (Å²) in [6, 6.07) is 17.7. The molecule has 0 spiro atoms. The van der Waals surface area contributed by atoms with Gasteiger partial charge in [0.15, 0.2) is 5.96 Å². The number of nitrogens with zero attached hydrogens (tertiary/aromatic N) is 2. The fourth-order valence-corrected chi connectivity index (χ4v) is 3.81. The number of aliphatic hydroxyl groups is 1. The van der Waals surface area contributed by atoms with E-state index in [-0.39, 0.29) is 12.1 Å². The lowest BCUT2D eigenvalue weighted by atomic mass is 10.1.